The van der Waals surface area contributed by atoms with Gasteiger partial charge in [0.15, 0.2) is 0 Å². The Kier molecular flexibility index (Phi) is 54.1. The van der Waals surface area contributed by atoms with E-state index in [9.17, 15) is 19.4 Å². The molecule has 0 aliphatic rings. The Labute approximate surface area is 454 Å². The number of phosphoric ester groups is 1. The van der Waals surface area contributed by atoms with Crippen molar-refractivity contribution in [3.8, 4) is 0 Å². The molecule has 0 rings (SSSR count). The largest absolute Gasteiger partial charge is 0.472 e. The quantitative estimate of drug-likeness (QED) is 0.0243. The lowest BCUT2D eigenvalue weighted by molar-refractivity contribution is -0.870. The first-order chi connectivity index (χ1) is 35.5. The molecule has 3 atom stereocenters. The van der Waals surface area contributed by atoms with E-state index in [0.29, 0.717) is 17.4 Å². The monoisotopic (exact) mass is 1050 g/mol. The van der Waals surface area contributed by atoms with Gasteiger partial charge in [-0.2, -0.15) is 0 Å². The van der Waals surface area contributed by atoms with Crippen molar-refractivity contribution in [3.63, 3.8) is 0 Å². The number of hydrogen-bond donors (Lipinski definition) is 3. The predicted octanol–water partition coefficient (Wildman–Crippen LogP) is 19.5. The first-order valence-corrected chi connectivity index (χ1v) is 33.0. The van der Waals surface area contributed by atoms with Crippen LogP contribution >= 0.6 is 7.82 Å². The molecule has 1 amide bonds. The van der Waals surface area contributed by atoms with Crippen LogP contribution in [0.3, 0.4) is 0 Å². The maximum Gasteiger partial charge on any atom is 0.472 e. The van der Waals surface area contributed by atoms with Gasteiger partial charge in [0.1, 0.15) is 13.2 Å². The number of likely N-dealkylation sites (N-methyl/N-ethyl adjacent to an activating group) is 1. The fourth-order valence-corrected chi connectivity index (χ4v) is 10.0. The lowest BCUT2D eigenvalue weighted by Gasteiger charge is -2.25. The first-order valence-electron chi connectivity index (χ1n) is 31.5. The van der Waals surface area contributed by atoms with Crippen LogP contribution in [0, 0.1) is 0 Å². The number of carbonyl (C=O) groups is 1. The Bertz CT molecular complexity index is 1330. The molecule has 0 aliphatic carbocycles. The second kappa shape index (κ2) is 55.2. The average Bonchev–Trinajstić information content (AvgIpc) is 3.35. The van der Waals surface area contributed by atoms with Crippen LogP contribution in [0.5, 0.6) is 0 Å². The van der Waals surface area contributed by atoms with Crippen LogP contribution in [0.4, 0.5) is 0 Å². The van der Waals surface area contributed by atoms with Gasteiger partial charge in [0.05, 0.1) is 39.9 Å². The molecule has 0 aromatic rings. The van der Waals surface area contributed by atoms with Crippen LogP contribution in [0.25, 0.3) is 0 Å². The van der Waals surface area contributed by atoms with Crippen molar-refractivity contribution in [1.29, 1.82) is 0 Å². The van der Waals surface area contributed by atoms with Gasteiger partial charge < -0.3 is 19.8 Å². The maximum atomic E-state index is 13.0. The summed E-state index contributed by atoms with van der Waals surface area (Å²) in [6.45, 7) is 4.82. The third-order valence-corrected chi connectivity index (χ3v) is 15.2. The number of aliphatic hydroxyl groups is 1. The molecule has 0 radical (unpaired) electrons. The van der Waals surface area contributed by atoms with Crippen LogP contribution in [0.2, 0.25) is 0 Å². The highest BCUT2D eigenvalue weighted by Crippen LogP contribution is 2.43. The SMILES string of the molecule is CCCCCCCCCCC/C=C/CC/C=C/CC/C=C/C(O)C(COP(=O)(O)OCC[N+](C)(C)C)NC(=O)CCCCCCCCCCCCCCCCCC/C=C\CCCCCCCCCCCCCC. The first kappa shape index (κ1) is 71.5. The van der Waals surface area contributed by atoms with Gasteiger partial charge in [0, 0.05) is 6.42 Å². The van der Waals surface area contributed by atoms with Crippen molar-refractivity contribution >= 4 is 13.7 Å². The molecule has 0 bridgehead atoms. The van der Waals surface area contributed by atoms with Crippen molar-refractivity contribution in [1.82, 2.24) is 5.32 Å². The van der Waals surface area contributed by atoms with Gasteiger partial charge in [-0.05, 0) is 70.6 Å². The molecule has 73 heavy (non-hydrogen) atoms. The van der Waals surface area contributed by atoms with E-state index in [1.165, 1.54) is 238 Å². The standard InChI is InChI=1S/C64H123N2O6P/c1-6-8-10-12-14-16-18-20-22-24-26-27-28-29-30-31-32-33-34-35-36-37-38-40-42-44-46-48-50-52-54-56-58-64(68)65-62(61-72-73(69,70)71-60-59-66(3,4)5)63(67)57-55-53-51-49-47-45-43-41-39-25-23-21-19-17-15-13-11-9-7-2/h29-30,39,41,47,49,55,57,62-63,67H,6-28,31-38,40,42-46,48,50-54,56,58-61H2,1-5H3,(H-,65,68,69,70)/p+1/b30-29-,41-39+,49-47+,57-55+. The van der Waals surface area contributed by atoms with Crippen LogP contribution < -0.4 is 5.32 Å². The van der Waals surface area contributed by atoms with Crippen molar-refractivity contribution < 1.29 is 32.9 Å². The van der Waals surface area contributed by atoms with Crippen LogP contribution in [-0.2, 0) is 18.4 Å². The lowest BCUT2D eigenvalue weighted by Crippen LogP contribution is -2.45. The third-order valence-electron chi connectivity index (χ3n) is 14.2. The molecular formula is C64H124N2O6P+. The predicted molar refractivity (Wildman–Crippen MR) is 318 cm³/mol. The molecule has 430 valence electrons. The molecule has 0 heterocycles. The topological polar surface area (TPSA) is 105 Å². The molecule has 0 spiro atoms. The van der Waals surface area contributed by atoms with Gasteiger partial charge in [-0.15, -0.1) is 0 Å². The Hall–Kier alpha value is -1.54. The van der Waals surface area contributed by atoms with Crippen LogP contribution in [0.1, 0.15) is 303 Å². The summed E-state index contributed by atoms with van der Waals surface area (Å²) in [7, 11) is 1.55. The summed E-state index contributed by atoms with van der Waals surface area (Å²) in [5, 5.41) is 13.9. The molecule has 3 unspecified atom stereocenters. The molecule has 0 saturated heterocycles. The number of phosphoric acid groups is 1. The van der Waals surface area contributed by atoms with Crippen molar-refractivity contribution in [2.45, 2.75) is 315 Å². The average molecular weight is 1050 g/mol. The summed E-state index contributed by atoms with van der Waals surface area (Å²) in [6.07, 6.45) is 73.9. The van der Waals surface area contributed by atoms with E-state index < -0.39 is 20.0 Å². The van der Waals surface area contributed by atoms with E-state index in [-0.39, 0.29) is 19.1 Å². The van der Waals surface area contributed by atoms with Gasteiger partial charge in [-0.1, -0.05) is 274 Å². The molecule has 0 saturated carbocycles. The van der Waals surface area contributed by atoms with Crippen LogP contribution in [0.15, 0.2) is 48.6 Å². The van der Waals surface area contributed by atoms with E-state index in [0.717, 1.165) is 44.9 Å². The van der Waals surface area contributed by atoms with E-state index in [1.54, 1.807) is 6.08 Å². The lowest BCUT2D eigenvalue weighted by atomic mass is 10.0. The van der Waals surface area contributed by atoms with E-state index in [2.05, 4.69) is 55.6 Å². The van der Waals surface area contributed by atoms with Crippen molar-refractivity contribution in [2.75, 3.05) is 40.9 Å². The molecule has 3 N–H and O–H groups in total. The van der Waals surface area contributed by atoms with Crippen molar-refractivity contribution in [3.05, 3.63) is 48.6 Å². The number of quaternary nitrogens is 1. The van der Waals surface area contributed by atoms with Gasteiger partial charge in [0.25, 0.3) is 0 Å². The molecule has 9 heteroatoms. The summed E-state index contributed by atoms with van der Waals surface area (Å²) < 4.78 is 23.7. The highest BCUT2D eigenvalue weighted by atomic mass is 31.2. The van der Waals surface area contributed by atoms with E-state index in [4.69, 9.17) is 9.05 Å². The van der Waals surface area contributed by atoms with E-state index in [1.807, 2.05) is 27.2 Å². The number of rotatable bonds is 58. The summed E-state index contributed by atoms with van der Waals surface area (Å²) >= 11 is 0. The van der Waals surface area contributed by atoms with Gasteiger partial charge in [-0.25, -0.2) is 4.57 Å². The zero-order chi connectivity index (χ0) is 53.5. The Morgan fingerprint density at radius 1 is 0.452 bits per heavy atom. The molecular weight excluding hydrogens is 924 g/mol. The van der Waals surface area contributed by atoms with Crippen molar-refractivity contribution in [2.24, 2.45) is 0 Å². The normalized spacial score (nSPS) is 14.1. The number of allylic oxidation sites excluding steroid dienone is 7. The summed E-state index contributed by atoms with van der Waals surface area (Å²) in [4.78, 5) is 23.3. The highest BCUT2D eigenvalue weighted by Gasteiger charge is 2.27. The Morgan fingerprint density at radius 3 is 1.10 bits per heavy atom. The zero-order valence-corrected chi connectivity index (χ0v) is 50.0. The highest BCUT2D eigenvalue weighted by molar-refractivity contribution is 7.47. The number of unbranched alkanes of at least 4 members (excludes halogenated alkanes) is 39. The van der Waals surface area contributed by atoms with Gasteiger partial charge >= 0.3 is 7.82 Å². The fourth-order valence-electron chi connectivity index (χ4n) is 9.31. The minimum absolute atomic E-state index is 0.0539. The second-order valence-electron chi connectivity index (χ2n) is 22.8. The molecule has 0 fully saturated rings. The van der Waals surface area contributed by atoms with E-state index >= 15 is 0 Å². The number of amides is 1. The second-order valence-corrected chi connectivity index (χ2v) is 24.2. The molecule has 0 aromatic heterocycles. The summed E-state index contributed by atoms with van der Waals surface area (Å²) in [6, 6.07) is -0.870. The van der Waals surface area contributed by atoms with Gasteiger partial charge in [-0.3, -0.25) is 13.8 Å². The fraction of sp³-hybridized carbons (Fsp3) is 0.859. The minimum atomic E-state index is -4.36. The Morgan fingerprint density at radius 2 is 0.753 bits per heavy atom. The molecule has 8 nitrogen and oxygen atoms in total. The zero-order valence-electron chi connectivity index (χ0n) is 49.1. The summed E-state index contributed by atoms with van der Waals surface area (Å²) in [5.41, 5.74) is 0. The number of hydrogen-bond acceptors (Lipinski definition) is 5. The number of aliphatic hydroxyl groups excluding tert-OH is 1. The molecule has 0 aliphatic heterocycles. The number of nitrogens with zero attached hydrogens (tertiary/aromatic N) is 1. The number of carbonyl (C=O) groups excluding carboxylic acids is 1. The maximum absolute atomic E-state index is 13.0. The Balaban J connectivity index is 4.11. The van der Waals surface area contributed by atoms with Crippen LogP contribution in [-0.4, -0.2) is 73.4 Å². The molecule has 0 aromatic carbocycles. The minimum Gasteiger partial charge on any atom is -0.387 e. The van der Waals surface area contributed by atoms with Gasteiger partial charge in [0.2, 0.25) is 5.91 Å². The third kappa shape index (κ3) is 58.0. The summed E-state index contributed by atoms with van der Waals surface area (Å²) in [5.74, 6) is -0.187. The smallest absolute Gasteiger partial charge is 0.387 e. The number of nitrogens with one attached hydrogen (secondary N) is 1.